The highest BCUT2D eigenvalue weighted by Gasteiger charge is 2.48. The first-order valence-electron chi connectivity index (χ1n) is 10.4. The van der Waals surface area contributed by atoms with E-state index in [4.69, 9.17) is 0 Å². The predicted octanol–water partition coefficient (Wildman–Crippen LogP) is 3.29. The van der Waals surface area contributed by atoms with Crippen molar-refractivity contribution in [2.45, 2.75) is 95.4 Å². The van der Waals surface area contributed by atoms with Crippen molar-refractivity contribution < 1.29 is 19.7 Å². The Morgan fingerprint density at radius 2 is 2.12 bits per heavy atom. The molecule has 1 aliphatic carbocycles. The summed E-state index contributed by atoms with van der Waals surface area (Å²) in [6.45, 7) is 2.18. The van der Waals surface area contributed by atoms with Gasteiger partial charge in [0.05, 0.1) is 13.2 Å². The van der Waals surface area contributed by atoms with Gasteiger partial charge in [-0.15, -0.1) is 0 Å². The Morgan fingerprint density at radius 3 is 2.85 bits per heavy atom. The number of rotatable bonds is 10. The fourth-order valence-electron chi connectivity index (χ4n) is 4.63. The first kappa shape index (κ1) is 21.4. The molecule has 5 atom stereocenters. The Morgan fingerprint density at radius 1 is 1.31 bits per heavy atom. The highest BCUT2D eigenvalue weighted by molar-refractivity contribution is 5.69. The molecular weight excluding hydrogens is 330 g/mol. The zero-order valence-corrected chi connectivity index (χ0v) is 16.5. The number of aliphatic hydroxyl groups excluding tert-OH is 1. The summed E-state index contributed by atoms with van der Waals surface area (Å²) in [5.41, 5.74) is -0.741. The SMILES string of the molecule is CCCCCC1(O)CCC2C(CC(O)C2C/C=C/CCCC(=O)OC)N1. The van der Waals surface area contributed by atoms with Gasteiger partial charge >= 0.3 is 5.97 Å². The average Bonchev–Trinajstić information content (AvgIpc) is 2.91. The summed E-state index contributed by atoms with van der Waals surface area (Å²) < 4.78 is 4.64. The summed E-state index contributed by atoms with van der Waals surface area (Å²) in [5.74, 6) is 0.549. The Hall–Kier alpha value is -0.910. The van der Waals surface area contributed by atoms with Crippen molar-refractivity contribution in [3.05, 3.63) is 12.2 Å². The number of hydrogen-bond donors (Lipinski definition) is 3. The third-order valence-corrected chi connectivity index (χ3v) is 6.15. The third kappa shape index (κ3) is 6.07. The highest BCUT2D eigenvalue weighted by Crippen LogP contribution is 2.43. The van der Waals surface area contributed by atoms with Gasteiger partial charge in [-0.1, -0.05) is 31.9 Å². The van der Waals surface area contributed by atoms with Crippen LogP contribution >= 0.6 is 0 Å². The van der Waals surface area contributed by atoms with Crippen molar-refractivity contribution in [1.29, 1.82) is 0 Å². The molecule has 2 aliphatic rings. The minimum Gasteiger partial charge on any atom is -0.469 e. The van der Waals surface area contributed by atoms with Gasteiger partial charge in [-0.25, -0.2) is 0 Å². The van der Waals surface area contributed by atoms with Crippen LogP contribution in [0, 0.1) is 11.8 Å². The maximum Gasteiger partial charge on any atom is 0.305 e. The van der Waals surface area contributed by atoms with E-state index in [0.29, 0.717) is 12.3 Å². The number of esters is 1. The second-order valence-corrected chi connectivity index (χ2v) is 8.08. The minimum absolute atomic E-state index is 0.160. The van der Waals surface area contributed by atoms with Crippen molar-refractivity contribution in [3.8, 4) is 0 Å². The number of carbonyl (C=O) groups excluding carboxylic acids is 1. The van der Waals surface area contributed by atoms with E-state index in [2.05, 4.69) is 29.1 Å². The van der Waals surface area contributed by atoms with Gasteiger partial charge in [-0.2, -0.15) is 0 Å². The summed E-state index contributed by atoms with van der Waals surface area (Å²) in [5, 5.41) is 24.8. The normalized spacial score (nSPS) is 34.2. The maximum atomic E-state index is 11.1. The van der Waals surface area contributed by atoms with Crippen molar-refractivity contribution in [3.63, 3.8) is 0 Å². The van der Waals surface area contributed by atoms with E-state index >= 15 is 0 Å². The lowest BCUT2D eigenvalue weighted by Gasteiger charge is -2.41. The van der Waals surface area contributed by atoms with Crippen LogP contribution in [0.3, 0.4) is 0 Å². The van der Waals surface area contributed by atoms with Gasteiger partial charge in [0, 0.05) is 12.5 Å². The average molecular weight is 368 g/mol. The molecule has 0 aromatic heterocycles. The van der Waals surface area contributed by atoms with E-state index in [9.17, 15) is 15.0 Å². The second-order valence-electron chi connectivity index (χ2n) is 8.08. The molecule has 1 saturated heterocycles. The number of ether oxygens (including phenoxy) is 1. The van der Waals surface area contributed by atoms with Gasteiger partial charge in [0.1, 0.15) is 5.72 Å². The Kier molecular flexibility index (Phi) is 8.58. The summed E-state index contributed by atoms with van der Waals surface area (Å²) in [6.07, 6.45) is 13.6. The number of fused-ring (bicyclic) bond motifs is 1. The number of aliphatic hydroxyl groups is 2. The van der Waals surface area contributed by atoms with Crippen LogP contribution in [-0.4, -0.2) is 41.2 Å². The standard InChI is InChI=1S/C21H37NO4/c1-3-4-9-13-21(25)14-12-16-17(19(23)15-18(16)22-21)10-7-5-6-8-11-20(24)26-2/h5,7,16-19,22-23,25H,3-4,6,8-15H2,1-2H3/b7-5+. The van der Waals surface area contributed by atoms with Crippen LogP contribution in [0.1, 0.15) is 77.6 Å². The number of hydrogen-bond acceptors (Lipinski definition) is 5. The number of unbranched alkanes of at least 4 members (excludes halogenated alkanes) is 3. The van der Waals surface area contributed by atoms with E-state index in [1.807, 2.05) is 0 Å². The molecule has 3 N–H and O–H groups in total. The quantitative estimate of drug-likeness (QED) is 0.314. The van der Waals surface area contributed by atoms with Crippen molar-refractivity contribution in [2.75, 3.05) is 7.11 Å². The molecule has 5 nitrogen and oxygen atoms in total. The van der Waals surface area contributed by atoms with Crippen LogP contribution in [0.15, 0.2) is 12.2 Å². The number of allylic oxidation sites excluding steroid dienone is 2. The number of nitrogens with one attached hydrogen (secondary N) is 1. The molecule has 0 amide bonds. The molecule has 1 saturated carbocycles. The fraction of sp³-hybridized carbons (Fsp3) is 0.857. The third-order valence-electron chi connectivity index (χ3n) is 6.15. The molecule has 0 aromatic rings. The molecule has 0 radical (unpaired) electrons. The molecule has 0 aromatic carbocycles. The van der Waals surface area contributed by atoms with Crippen LogP contribution in [0.5, 0.6) is 0 Å². The van der Waals surface area contributed by atoms with E-state index in [-0.39, 0.29) is 24.0 Å². The Balaban J connectivity index is 1.76. The Bertz CT molecular complexity index is 467. The number of carbonyl (C=O) groups is 1. The molecule has 26 heavy (non-hydrogen) atoms. The summed E-state index contributed by atoms with van der Waals surface area (Å²) in [6, 6.07) is 0.225. The van der Waals surface area contributed by atoms with E-state index in [1.54, 1.807) is 0 Å². The second kappa shape index (κ2) is 10.4. The molecular formula is C21H37NO4. The first-order chi connectivity index (χ1) is 12.5. The molecule has 2 fully saturated rings. The predicted molar refractivity (Wildman–Crippen MR) is 102 cm³/mol. The van der Waals surface area contributed by atoms with Crippen LogP contribution in [0.25, 0.3) is 0 Å². The highest BCUT2D eigenvalue weighted by atomic mass is 16.5. The van der Waals surface area contributed by atoms with Gasteiger partial charge in [-0.05, 0) is 63.2 Å². The zero-order valence-electron chi connectivity index (χ0n) is 16.5. The maximum absolute atomic E-state index is 11.1. The zero-order chi connectivity index (χ0) is 19.0. The van der Waals surface area contributed by atoms with Crippen LogP contribution in [0.2, 0.25) is 0 Å². The van der Waals surface area contributed by atoms with E-state index < -0.39 is 5.72 Å². The first-order valence-corrected chi connectivity index (χ1v) is 10.4. The Labute approximate surface area is 158 Å². The van der Waals surface area contributed by atoms with Crippen LogP contribution in [0.4, 0.5) is 0 Å². The monoisotopic (exact) mass is 367 g/mol. The molecule has 5 unspecified atom stereocenters. The number of piperidine rings is 1. The summed E-state index contributed by atoms with van der Waals surface area (Å²) in [4.78, 5) is 11.1. The largest absolute Gasteiger partial charge is 0.469 e. The molecule has 5 heteroatoms. The van der Waals surface area contributed by atoms with Crippen molar-refractivity contribution in [2.24, 2.45) is 11.8 Å². The van der Waals surface area contributed by atoms with E-state index in [0.717, 1.165) is 64.2 Å². The molecule has 0 spiro atoms. The molecule has 2 rings (SSSR count). The summed E-state index contributed by atoms with van der Waals surface area (Å²) in [7, 11) is 1.42. The van der Waals surface area contributed by atoms with Crippen LogP contribution in [-0.2, 0) is 9.53 Å². The van der Waals surface area contributed by atoms with Gasteiger partial charge < -0.3 is 14.9 Å². The van der Waals surface area contributed by atoms with Gasteiger partial charge in [-0.3, -0.25) is 10.1 Å². The van der Waals surface area contributed by atoms with Crippen LogP contribution < -0.4 is 5.32 Å². The van der Waals surface area contributed by atoms with E-state index in [1.165, 1.54) is 7.11 Å². The minimum atomic E-state index is -0.741. The lowest BCUT2D eigenvalue weighted by molar-refractivity contribution is -0.140. The molecule has 1 heterocycles. The van der Waals surface area contributed by atoms with Crippen molar-refractivity contribution in [1.82, 2.24) is 5.32 Å². The lowest BCUT2D eigenvalue weighted by Crippen LogP contribution is -2.56. The lowest BCUT2D eigenvalue weighted by atomic mass is 9.80. The smallest absolute Gasteiger partial charge is 0.305 e. The molecule has 1 aliphatic heterocycles. The molecule has 0 bridgehead atoms. The fourth-order valence-corrected chi connectivity index (χ4v) is 4.63. The van der Waals surface area contributed by atoms with Gasteiger partial charge in [0.2, 0.25) is 0 Å². The van der Waals surface area contributed by atoms with Gasteiger partial charge in [0.15, 0.2) is 0 Å². The van der Waals surface area contributed by atoms with Crippen molar-refractivity contribution >= 4 is 5.97 Å². The molecule has 150 valence electrons. The topological polar surface area (TPSA) is 78.8 Å². The number of methoxy groups -OCH3 is 1. The van der Waals surface area contributed by atoms with Gasteiger partial charge in [0.25, 0.3) is 0 Å². The summed E-state index contributed by atoms with van der Waals surface area (Å²) >= 11 is 0.